The van der Waals surface area contributed by atoms with Gasteiger partial charge in [-0.3, -0.25) is 0 Å². The van der Waals surface area contributed by atoms with Crippen molar-refractivity contribution in [3.05, 3.63) is 33.9 Å². The molecule has 1 aromatic carbocycles. The largest absolute Gasteiger partial charge is 0.545 e. The van der Waals surface area contributed by atoms with Gasteiger partial charge in [0.25, 0.3) is 0 Å². The number of aromatic carboxylic acids is 1. The summed E-state index contributed by atoms with van der Waals surface area (Å²) in [5.41, 5.74) is 2.39. The van der Waals surface area contributed by atoms with Gasteiger partial charge in [-0.25, -0.2) is 0 Å². The minimum Gasteiger partial charge on any atom is -0.545 e. The number of carboxylic acids is 1. The smallest absolute Gasteiger partial charge is 0.0866 e. The van der Waals surface area contributed by atoms with Crippen LogP contribution in [0.3, 0.4) is 0 Å². The molecule has 3 rings (SSSR count). The lowest BCUT2D eigenvalue weighted by Crippen LogP contribution is -2.21. The Hall–Kier alpha value is -1.29. The van der Waals surface area contributed by atoms with Crippen molar-refractivity contribution < 1.29 is 9.90 Å². The predicted octanol–water partition coefficient (Wildman–Crippen LogP) is 3.34. The van der Waals surface area contributed by atoms with Crippen LogP contribution >= 0.6 is 15.9 Å². The van der Waals surface area contributed by atoms with Crippen molar-refractivity contribution in [1.82, 2.24) is 4.98 Å². The Kier molecular flexibility index (Phi) is 3.35. The summed E-state index contributed by atoms with van der Waals surface area (Å²) in [7, 11) is 0. The van der Waals surface area contributed by atoms with E-state index in [1.54, 1.807) is 12.1 Å². The Bertz CT molecular complexity index is 626. The summed E-state index contributed by atoms with van der Waals surface area (Å²) in [6, 6.07) is 5.18. The summed E-state index contributed by atoms with van der Waals surface area (Å²) in [5, 5.41) is 12.0. The van der Waals surface area contributed by atoms with Crippen LogP contribution in [0.4, 0.5) is 0 Å². The fourth-order valence-corrected chi connectivity index (χ4v) is 3.85. The van der Waals surface area contributed by atoms with E-state index in [2.05, 4.69) is 20.9 Å². The lowest BCUT2D eigenvalue weighted by atomic mass is 9.84. The second kappa shape index (κ2) is 5.00. The topological polar surface area (TPSA) is 55.9 Å². The van der Waals surface area contributed by atoms with Gasteiger partial charge in [0.2, 0.25) is 0 Å². The normalized spacial score (nSPS) is 16.9. The van der Waals surface area contributed by atoms with Crippen molar-refractivity contribution in [1.29, 1.82) is 0 Å². The predicted molar refractivity (Wildman–Crippen MR) is 76.2 cm³/mol. The standard InChI is InChI=1S/C15H16BrNO2/c16-14-13(9-4-2-1-3-5-9)11-7-6-10(15(18)19)8-12(11)17-14/h6-9,17H,1-5H2,(H,18,19)/p-1. The van der Waals surface area contributed by atoms with E-state index < -0.39 is 5.97 Å². The van der Waals surface area contributed by atoms with Crippen molar-refractivity contribution in [3.63, 3.8) is 0 Å². The Morgan fingerprint density at radius 2 is 2.00 bits per heavy atom. The number of benzene rings is 1. The third-order valence-corrected chi connectivity index (χ3v) is 4.67. The number of carboxylic acid groups (broad SMARTS) is 1. The molecule has 1 N–H and O–H groups in total. The number of hydrogen-bond acceptors (Lipinski definition) is 2. The minimum atomic E-state index is -1.13. The van der Waals surface area contributed by atoms with Crippen LogP contribution in [-0.2, 0) is 0 Å². The number of aromatic amines is 1. The molecule has 100 valence electrons. The van der Waals surface area contributed by atoms with Gasteiger partial charge in [0.05, 0.1) is 10.6 Å². The molecule has 0 atom stereocenters. The summed E-state index contributed by atoms with van der Waals surface area (Å²) in [6.07, 6.45) is 6.31. The average molecular weight is 321 g/mol. The first kappa shape index (κ1) is 12.7. The molecule has 1 fully saturated rings. The molecule has 4 heteroatoms. The summed E-state index contributed by atoms with van der Waals surface area (Å²) in [5.74, 6) is -0.558. The summed E-state index contributed by atoms with van der Waals surface area (Å²) in [6.45, 7) is 0. The molecule has 0 amide bonds. The third kappa shape index (κ3) is 2.29. The van der Waals surface area contributed by atoms with Crippen LogP contribution in [0, 0.1) is 0 Å². The van der Waals surface area contributed by atoms with E-state index in [0.29, 0.717) is 5.92 Å². The van der Waals surface area contributed by atoms with Crippen LogP contribution < -0.4 is 5.11 Å². The second-order valence-electron chi connectivity index (χ2n) is 5.24. The van der Waals surface area contributed by atoms with Crippen LogP contribution in [0.1, 0.15) is 53.9 Å². The summed E-state index contributed by atoms with van der Waals surface area (Å²) < 4.78 is 0.991. The number of rotatable bonds is 2. The lowest BCUT2D eigenvalue weighted by molar-refractivity contribution is -0.255. The Balaban J connectivity index is 2.09. The number of carbonyl (C=O) groups excluding carboxylic acids is 1. The molecule has 0 radical (unpaired) electrons. The lowest BCUT2D eigenvalue weighted by Gasteiger charge is -2.21. The van der Waals surface area contributed by atoms with Crippen molar-refractivity contribution in [2.45, 2.75) is 38.0 Å². The molecular formula is C15H15BrNO2-. The number of halogens is 1. The van der Waals surface area contributed by atoms with Gasteiger partial charge in [0.15, 0.2) is 0 Å². The molecule has 0 aliphatic heterocycles. The zero-order chi connectivity index (χ0) is 13.4. The van der Waals surface area contributed by atoms with E-state index in [1.165, 1.54) is 37.7 Å². The quantitative estimate of drug-likeness (QED) is 0.922. The highest BCUT2D eigenvalue weighted by atomic mass is 79.9. The van der Waals surface area contributed by atoms with Crippen molar-refractivity contribution in [2.24, 2.45) is 0 Å². The summed E-state index contributed by atoms with van der Waals surface area (Å²) >= 11 is 3.59. The molecule has 1 aromatic heterocycles. The van der Waals surface area contributed by atoms with Gasteiger partial charge < -0.3 is 14.9 Å². The monoisotopic (exact) mass is 320 g/mol. The van der Waals surface area contributed by atoms with Crippen LogP contribution in [0.15, 0.2) is 22.8 Å². The molecule has 1 saturated carbocycles. The van der Waals surface area contributed by atoms with Crippen LogP contribution in [0.25, 0.3) is 10.9 Å². The van der Waals surface area contributed by atoms with Crippen molar-refractivity contribution in [3.8, 4) is 0 Å². The number of fused-ring (bicyclic) bond motifs is 1. The van der Waals surface area contributed by atoms with Gasteiger partial charge in [-0.15, -0.1) is 0 Å². The minimum absolute atomic E-state index is 0.219. The van der Waals surface area contributed by atoms with Gasteiger partial charge in [-0.1, -0.05) is 31.4 Å². The van der Waals surface area contributed by atoms with Crippen LogP contribution in [0.2, 0.25) is 0 Å². The number of hydrogen-bond donors (Lipinski definition) is 1. The molecule has 3 nitrogen and oxygen atoms in total. The van der Waals surface area contributed by atoms with Crippen molar-refractivity contribution >= 4 is 32.8 Å². The van der Waals surface area contributed by atoms with E-state index in [-0.39, 0.29) is 5.56 Å². The number of nitrogens with one attached hydrogen (secondary N) is 1. The first-order valence-corrected chi connectivity index (χ1v) is 7.48. The molecule has 0 spiro atoms. The number of H-pyrrole nitrogens is 1. The highest BCUT2D eigenvalue weighted by molar-refractivity contribution is 9.10. The maximum absolute atomic E-state index is 10.9. The molecule has 19 heavy (non-hydrogen) atoms. The molecule has 1 heterocycles. The van der Waals surface area contributed by atoms with E-state index in [1.807, 2.05) is 6.07 Å². The molecule has 0 bridgehead atoms. The van der Waals surface area contributed by atoms with E-state index in [4.69, 9.17) is 0 Å². The number of carbonyl (C=O) groups is 1. The van der Waals surface area contributed by atoms with Gasteiger partial charge >= 0.3 is 0 Å². The van der Waals surface area contributed by atoms with Gasteiger partial charge in [0, 0.05) is 10.9 Å². The van der Waals surface area contributed by atoms with Crippen molar-refractivity contribution in [2.75, 3.05) is 0 Å². The fourth-order valence-electron chi connectivity index (χ4n) is 3.10. The average Bonchev–Trinajstić information content (AvgIpc) is 2.74. The zero-order valence-corrected chi connectivity index (χ0v) is 12.1. The molecule has 2 aromatic rings. The molecule has 1 aliphatic rings. The third-order valence-electron chi connectivity index (χ3n) is 4.04. The first-order valence-electron chi connectivity index (χ1n) is 6.69. The fraction of sp³-hybridized carbons (Fsp3) is 0.400. The maximum Gasteiger partial charge on any atom is 0.0866 e. The second-order valence-corrected chi connectivity index (χ2v) is 6.03. The SMILES string of the molecule is O=C([O-])c1ccc2c(C3CCCCC3)c(Br)[nH]c2c1. The highest BCUT2D eigenvalue weighted by Gasteiger charge is 2.21. The van der Waals surface area contributed by atoms with E-state index in [0.717, 1.165) is 15.5 Å². The van der Waals surface area contributed by atoms with Gasteiger partial charge in [-0.05, 0) is 51.9 Å². The Morgan fingerprint density at radius 3 is 2.68 bits per heavy atom. The first-order chi connectivity index (χ1) is 9.16. The molecular weight excluding hydrogens is 306 g/mol. The summed E-state index contributed by atoms with van der Waals surface area (Å²) in [4.78, 5) is 14.1. The number of aromatic nitrogens is 1. The Labute approximate surface area is 120 Å². The van der Waals surface area contributed by atoms with E-state index in [9.17, 15) is 9.90 Å². The molecule has 0 saturated heterocycles. The molecule has 1 aliphatic carbocycles. The highest BCUT2D eigenvalue weighted by Crippen LogP contribution is 2.40. The van der Waals surface area contributed by atoms with Gasteiger partial charge in [0.1, 0.15) is 0 Å². The molecule has 0 unspecified atom stereocenters. The van der Waals surface area contributed by atoms with Crippen LogP contribution in [0.5, 0.6) is 0 Å². The van der Waals surface area contributed by atoms with Gasteiger partial charge in [-0.2, -0.15) is 0 Å². The van der Waals surface area contributed by atoms with E-state index >= 15 is 0 Å². The zero-order valence-electron chi connectivity index (χ0n) is 10.5. The maximum atomic E-state index is 10.9. The Morgan fingerprint density at radius 1 is 1.26 bits per heavy atom. The van der Waals surface area contributed by atoms with Crippen LogP contribution in [-0.4, -0.2) is 11.0 Å².